The highest BCUT2D eigenvalue weighted by Crippen LogP contribution is 2.36. The minimum absolute atomic E-state index is 0.259. The first-order chi connectivity index (χ1) is 13.7. The van der Waals surface area contributed by atoms with Crippen molar-refractivity contribution in [3.05, 3.63) is 52.5 Å². The summed E-state index contributed by atoms with van der Waals surface area (Å²) in [6, 6.07) is 11.7. The number of benzene rings is 2. The largest absolute Gasteiger partial charge is 0.456 e. The minimum Gasteiger partial charge on any atom is -0.456 e. The third-order valence-electron chi connectivity index (χ3n) is 5.05. The van der Waals surface area contributed by atoms with Crippen LogP contribution < -0.4 is 9.64 Å². The van der Waals surface area contributed by atoms with Gasteiger partial charge in [-0.2, -0.15) is 13.2 Å². The van der Waals surface area contributed by atoms with Crippen LogP contribution in [-0.4, -0.2) is 30.5 Å². The Morgan fingerprint density at radius 3 is 2.48 bits per heavy atom. The van der Waals surface area contributed by atoms with Crippen molar-refractivity contribution in [1.82, 2.24) is 0 Å². The molecule has 1 aliphatic rings. The lowest BCUT2D eigenvalue weighted by molar-refractivity contribution is -0.200. The molecule has 0 heterocycles. The first-order valence-electron chi connectivity index (χ1n) is 9.45. The summed E-state index contributed by atoms with van der Waals surface area (Å²) in [5.41, 5.74) is 0.552. The Balaban J connectivity index is 1.82. The maximum atomic E-state index is 13.0. The number of alkyl halides is 3. The molecule has 1 saturated carbocycles. The summed E-state index contributed by atoms with van der Waals surface area (Å²) in [5.74, 6) is 1.08. The second kappa shape index (κ2) is 9.45. The highest BCUT2D eigenvalue weighted by molar-refractivity contribution is 6.42. The lowest BCUT2D eigenvalue weighted by Gasteiger charge is -2.30. The molecule has 1 fully saturated rings. The Hall–Kier alpha value is -1.63. The average molecular weight is 448 g/mol. The molecule has 0 spiro atoms. The SMILES string of the molecule is OC(CN(CC1CCCC1)c1cccc(Oc2cccc(Cl)c2Cl)c1)C(F)(F)F. The lowest BCUT2D eigenvalue weighted by Crippen LogP contribution is -2.42. The van der Waals surface area contributed by atoms with Crippen molar-refractivity contribution in [2.45, 2.75) is 38.0 Å². The summed E-state index contributed by atoms with van der Waals surface area (Å²) in [5, 5.41) is 10.2. The number of halogens is 5. The summed E-state index contributed by atoms with van der Waals surface area (Å²) >= 11 is 12.2. The Morgan fingerprint density at radius 2 is 1.79 bits per heavy atom. The van der Waals surface area contributed by atoms with E-state index in [2.05, 4.69) is 0 Å². The minimum atomic E-state index is -4.67. The van der Waals surface area contributed by atoms with E-state index in [1.165, 1.54) is 0 Å². The highest BCUT2D eigenvalue weighted by Gasteiger charge is 2.39. The van der Waals surface area contributed by atoms with Crippen molar-refractivity contribution in [3.63, 3.8) is 0 Å². The predicted octanol–water partition coefficient (Wildman–Crippen LogP) is 6.71. The molecular formula is C21H22Cl2F3NO2. The molecule has 2 aromatic rings. The molecule has 1 N–H and O–H groups in total. The van der Waals surface area contributed by atoms with Gasteiger partial charge in [0.1, 0.15) is 16.5 Å². The van der Waals surface area contributed by atoms with Crippen molar-refractivity contribution >= 4 is 28.9 Å². The second-order valence-electron chi connectivity index (χ2n) is 7.26. The van der Waals surface area contributed by atoms with E-state index in [0.29, 0.717) is 34.7 Å². The van der Waals surface area contributed by atoms with Gasteiger partial charge in [-0.3, -0.25) is 0 Å². The first kappa shape index (κ1) is 22.1. The summed E-state index contributed by atoms with van der Waals surface area (Å²) < 4.78 is 44.7. The fourth-order valence-corrected chi connectivity index (χ4v) is 3.87. The molecule has 8 heteroatoms. The molecule has 0 aliphatic heterocycles. The molecule has 3 rings (SSSR count). The molecular weight excluding hydrogens is 426 g/mol. The summed E-state index contributed by atoms with van der Waals surface area (Å²) in [7, 11) is 0. The van der Waals surface area contributed by atoms with Gasteiger partial charge >= 0.3 is 6.18 Å². The van der Waals surface area contributed by atoms with Gasteiger partial charge in [-0.1, -0.05) is 48.2 Å². The number of aliphatic hydroxyl groups excluding tert-OH is 1. The van der Waals surface area contributed by atoms with E-state index in [-0.39, 0.29) is 5.02 Å². The van der Waals surface area contributed by atoms with Gasteiger partial charge < -0.3 is 14.7 Å². The zero-order chi connectivity index (χ0) is 21.0. The Bertz CT molecular complexity index is 826. The van der Waals surface area contributed by atoms with E-state index in [1.54, 1.807) is 47.4 Å². The van der Waals surface area contributed by atoms with E-state index in [4.69, 9.17) is 27.9 Å². The number of rotatable bonds is 7. The Labute approximate surface area is 178 Å². The average Bonchev–Trinajstić information content (AvgIpc) is 3.17. The predicted molar refractivity (Wildman–Crippen MR) is 109 cm³/mol. The Morgan fingerprint density at radius 1 is 1.10 bits per heavy atom. The molecule has 0 aromatic heterocycles. The Kier molecular flexibility index (Phi) is 7.19. The fraction of sp³-hybridized carbons (Fsp3) is 0.429. The molecule has 1 atom stereocenters. The maximum Gasteiger partial charge on any atom is 0.416 e. The van der Waals surface area contributed by atoms with E-state index < -0.39 is 18.8 Å². The maximum absolute atomic E-state index is 13.0. The highest BCUT2D eigenvalue weighted by atomic mass is 35.5. The van der Waals surface area contributed by atoms with Gasteiger partial charge in [0.05, 0.1) is 11.6 Å². The van der Waals surface area contributed by atoms with Gasteiger partial charge in [0.15, 0.2) is 6.10 Å². The van der Waals surface area contributed by atoms with Crippen LogP contribution in [0.1, 0.15) is 25.7 Å². The molecule has 1 aliphatic carbocycles. The smallest absolute Gasteiger partial charge is 0.416 e. The molecule has 2 aromatic carbocycles. The first-order valence-corrected chi connectivity index (χ1v) is 10.2. The van der Waals surface area contributed by atoms with Crippen molar-refractivity contribution in [2.24, 2.45) is 5.92 Å². The molecule has 0 saturated heterocycles. The number of hydrogen-bond acceptors (Lipinski definition) is 3. The number of aliphatic hydroxyl groups is 1. The number of anilines is 1. The molecule has 1 unspecified atom stereocenters. The molecule has 0 amide bonds. The fourth-order valence-electron chi connectivity index (χ4n) is 3.54. The van der Waals surface area contributed by atoms with Gasteiger partial charge in [-0.05, 0) is 43.0 Å². The third kappa shape index (κ3) is 5.93. The number of nitrogens with zero attached hydrogens (tertiary/aromatic N) is 1. The van der Waals surface area contributed by atoms with Crippen LogP contribution in [0.3, 0.4) is 0 Å². The van der Waals surface area contributed by atoms with Crippen LogP contribution >= 0.6 is 23.2 Å². The molecule has 0 radical (unpaired) electrons. The third-order valence-corrected chi connectivity index (χ3v) is 5.85. The van der Waals surface area contributed by atoms with Crippen molar-refractivity contribution in [2.75, 3.05) is 18.0 Å². The second-order valence-corrected chi connectivity index (χ2v) is 8.05. The summed E-state index contributed by atoms with van der Waals surface area (Å²) in [6.45, 7) is -0.0735. The van der Waals surface area contributed by atoms with Crippen molar-refractivity contribution in [3.8, 4) is 11.5 Å². The van der Waals surface area contributed by atoms with Crippen LogP contribution in [0.25, 0.3) is 0 Å². The van der Waals surface area contributed by atoms with Crippen molar-refractivity contribution < 1.29 is 23.0 Å². The normalized spacial score (nSPS) is 16.1. The van der Waals surface area contributed by atoms with Gasteiger partial charge in [0.2, 0.25) is 0 Å². The van der Waals surface area contributed by atoms with Gasteiger partial charge in [-0.25, -0.2) is 0 Å². The van der Waals surface area contributed by atoms with Crippen LogP contribution in [0.5, 0.6) is 11.5 Å². The standard InChI is InChI=1S/C21H22Cl2F3NO2/c22-17-9-4-10-18(20(17)23)29-16-8-3-7-15(11-16)27(12-14-5-1-2-6-14)13-19(28)21(24,25)26/h3-4,7-11,14,19,28H,1-2,5-6,12-13H2. The van der Waals surface area contributed by atoms with Crippen LogP contribution in [-0.2, 0) is 0 Å². The van der Waals surface area contributed by atoms with Gasteiger partial charge in [0, 0.05) is 18.3 Å². The van der Waals surface area contributed by atoms with E-state index in [1.807, 2.05) is 0 Å². The zero-order valence-corrected chi connectivity index (χ0v) is 17.1. The topological polar surface area (TPSA) is 32.7 Å². The molecule has 158 valence electrons. The number of ether oxygens (including phenoxy) is 1. The van der Waals surface area contributed by atoms with Crippen LogP contribution in [0.4, 0.5) is 18.9 Å². The van der Waals surface area contributed by atoms with Crippen LogP contribution in [0.2, 0.25) is 10.0 Å². The van der Waals surface area contributed by atoms with E-state index in [9.17, 15) is 18.3 Å². The monoisotopic (exact) mass is 447 g/mol. The molecule has 0 bridgehead atoms. The summed E-state index contributed by atoms with van der Waals surface area (Å²) in [4.78, 5) is 1.58. The summed E-state index contributed by atoms with van der Waals surface area (Å²) in [6.07, 6.45) is -2.97. The van der Waals surface area contributed by atoms with Gasteiger partial charge in [0.25, 0.3) is 0 Å². The number of hydrogen-bond donors (Lipinski definition) is 1. The quantitative estimate of drug-likeness (QED) is 0.511. The molecule has 29 heavy (non-hydrogen) atoms. The van der Waals surface area contributed by atoms with E-state index in [0.717, 1.165) is 25.7 Å². The van der Waals surface area contributed by atoms with Gasteiger partial charge in [-0.15, -0.1) is 0 Å². The lowest BCUT2D eigenvalue weighted by atomic mass is 10.1. The van der Waals surface area contributed by atoms with Crippen LogP contribution in [0, 0.1) is 5.92 Å². The zero-order valence-electron chi connectivity index (χ0n) is 15.6. The molecule has 3 nitrogen and oxygen atoms in total. The van der Waals surface area contributed by atoms with E-state index >= 15 is 0 Å². The van der Waals surface area contributed by atoms with Crippen molar-refractivity contribution in [1.29, 1.82) is 0 Å². The van der Waals surface area contributed by atoms with Crippen LogP contribution in [0.15, 0.2) is 42.5 Å².